The summed E-state index contributed by atoms with van der Waals surface area (Å²) in [5.41, 5.74) is 0.445. The van der Waals surface area contributed by atoms with Crippen LogP contribution in [0.3, 0.4) is 0 Å². The van der Waals surface area contributed by atoms with Crippen LogP contribution in [0.25, 0.3) is 16.7 Å². The van der Waals surface area contributed by atoms with Gasteiger partial charge in [-0.05, 0) is 44.5 Å². The Morgan fingerprint density at radius 3 is 2.79 bits per heavy atom. The number of aromatic nitrogens is 5. The van der Waals surface area contributed by atoms with E-state index in [1.54, 1.807) is 29.2 Å². The highest BCUT2D eigenvalue weighted by molar-refractivity contribution is 5.88. The molecule has 2 unspecified atom stereocenters. The molecule has 4 aromatic rings. The maximum Gasteiger partial charge on any atom is 0.145 e. The van der Waals surface area contributed by atoms with Crippen molar-refractivity contribution in [2.45, 2.75) is 45.1 Å². The summed E-state index contributed by atoms with van der Waals surface area (Å²) in [4.78, 5) is 24.3. The number of likely N-dealkylation sites (tertiary alicyclic amines) is 1. The SMILES string of the molecule is CCN(Cc1ccc(-n2cccn2)cc1F)c1ncnc2c1ccn2CC1(O)CCN(CC(C)=O)CC1O. The molecule has 0 spiro atoms. The Labute approximate surface area is 220 Å². The number of Topliss-reactive ketones (excluding diaryl/α,β-unsaturated/α-hetero) is 1. The van der Waals surface area contributed by atoms with Crippen molar-refractivity contribution in [2.24, 2.45) is 0 Å². The van der Waals surface area contributed by atoms with E-state index in [2.05, 4.69) is 15.1 Å². The quantitative estimate of drug-likeness (QED) is 0.345. The third-order valence-electron chi connectivity index (χ3n) is 7.19. The second kappa shape index (κ2) is 10.6. The molecule has 10 nitrogen and oxygen atoms in total. The van der Waals surface area contributed by atoms with Crippen LogP contribution in [0.15, 0.2) is 55.2 Å². The first-order valence-electron chi connectivity index (χ1n) is 12.7. The van der Waals surface area contributed by atoms with Crippen molar-refractivity contribution < 1.29 is 19.4 Å². The number of aliphatic hydroxyl groups is 2. The van der Waals surface area contributed by atoms with E-state index in [4.69, 9.17) is 0 Å². The Hall–Kier alpha value is -3.67. The number of fused-ring (bicyclic) bond motifs is 1. The first kappa shape index (κ1) is 26.0. The molecule has 2 atom stereocenters. The van der Waals surface area contributed by atoms with Crippen LogP contribution in [-0.4, -0.2) is 83.1 Å². The number of ketones is 1. The lowest BCUT2D eigenvalue weighted by Gasteiger charge is -2.42. The highest BCUT2D eigenvalue weighted by atomic mass is 19.1. The van der Waals surface area contributed by atoms with E-state index in [9.17, 15) is 15.0 Å². The minimum atomic E-state index is -1.35. The van der Waals surface area contributed by atoms with Crippen molar-refractivity contribution in [1.29, 1.82) is 0 Å². The minimum Gasteiger partial charge on any atom is -0.389 e. The van der Waals surface area contributed by atoms with Gasteiger partial charge in [0.25, 0.3) is 0 Å². The average molecular weight is 522 g/mol. The molecule has 1 aromatic carbocycles. The number of nitrogens with zero attached hydrogens (tertiary/aromatic N) is 7. The number of piperidine rings is 1. The van der Waals surface area contributed by atoms with Gasteiger partial charge >= 0.3 is 0 Å². The van der Waals surface area contributed by atoms with Crippen molar-refractivity contribution >= 4 is 22.6 Å². The molecule has 0 aliphatic carbocycles. The number of benzene rings is 1. The van der Waals surface area contributed by atoms with E-state index < -0.39 is 11.7 Å². The molecule has 0 bridgehead atoms. The zero-order chi connectivity index (χ0) is 26.9. The maximum atomic E-state index is 15.0. The van der Waals surface area contributed by atoms with E-state index in [1.807, 2.05) is 39.6 Å². The minimum absolute atomic E-state index is 0.0254. The number of rotatable bonds is 9. The number of carbonyl (C=O) groups is 1. The van der Waals surface area contributed by atoms with Crippen LogP contribution in [0.5, 0.6) is 0 Å². The number of hydrogen-bond donors (Lipinski definition) is 2. The fourth-order valence-corrected chi connectivity index (χ4v) is 5.10. The molecule has 38 heavy (non-hydrogen) atoms. The number of halogens is 1. The molecule has 5 rings (SSSR count). The van der Waals surface area contributed by atoms with Gasteiger partial charge in [0.1, 0.15) is 35.0 Å². The lowest BCUT2D eigenvalue weighted by Crippen LogP contribution is -2.58. The molecule has 0 radical (unpaired) electrons. The van der Waals surface area contributed by atoms with E-state index in [-0.39, 0.29) is 31.2 Å². The molecule has 1 fully saturated rings. The lowest BCUT2D eigenvalue weighted by atomic mass is 9.88. The van der Waals surface area contributed by atoms with Crippen LogP contribution < -0.4 is 4.90 Å². The fourth-order valence-electron chi connectivity index (χ4n) is 5.10. The maximum absolute atomic E-state index is 15.0. The normalized spacial score (nSPS) is 20.2. The van der Waals surface area contributed by atoms with Gasteiger partial charge in [0.05, 0.1) is 30.3 Å². The predicted octanol–water partition coefficient (Wildman–Crippen LogP) is 2.17. The van der Waals surface area contributed by atoms with Gasteiger partial charge in [0, 0.05) is 50.3 Å². The lowest BCUT2D eigenvalue weighted by molar-refractivity contribution is -0.134. The van der Waals surface area contributed by atoms with Gasteiger partial charge in [-0.3, -0.25) is 9.69 Å². The molecule has 2 N–H and O–H groups in total. The molecule has 3 aromatic heterocycles. The van der Waals surface area contributed by atoms with Gasteiger partial charge in [-0.25, -0.2) is 19.0 Å². The van der Waals surface area contributed by atoms with Gasteiger partial charge in [-0.15, -0.1) is 0 Å². The Kier molecular flexibility index (Phi) is 7.24. The van der Waals surface area contributed by atoms with Crippen LogP contribution >= 0.6 is 0 Å². The van der Waals surface area contributed by atoms with Gasteiger partial charge in [-0.2, -0.15) is 5.10 Å². The van der Waals surface area contributed by atoms with Gasteiger partial charge in [0.15, 0.2) is 0 Å². The fraction of sp³-hybridized carbons (Fsp3) is 0.407. The number of hydrogen-bond acceptors (Lipinski definition) is 8. The molecule has 1 saturated heterocycles. The summed E-state index contributed by atoms with van der Waals surface area (Å²) in [6, 6.07) is 8.72. The van der Waals surface area contributed by atoms with Crippen LogP contribution in [0, 0.1) is 5.82 Å². The van der Waals surface area contributed by atoms with Crippen molar-refractivity contribution in [3.63, 3.8) is 0 Å². The molecule has 0 saturated carbocycles. The highest BCUT2D eigenvalue weighted by Gasteiger charge is 2.41. The molecule has 200 valence electrons. The Morgan fingerprint density at radius 2 is 2.11 bits per heavy atom. The summed E-state index contributed by atoms with van der Waals surface area (Å²) < 4.78 is 18.5. The van der Waals surface area contributed by atoms with E-state index in [0.717, 1.165) is 5.39 Å². The van der Waals surface area contributed by atoms with Crippen molar-refractivity contribution in [3.05, 3.63) is 66.6 Å². The number of aliphatic hydroxyl groups excluding tert-OH is 1. The van der Waals surface area contributed by atoms with Gasteiger partial charge in [-0.1, -0.05) is 6.07 Å². The number of β-amino-alcohol motifs (C(OH)–C–C–N with tert-alkyl or cyclic N) is 1. The third-order valence-corrected chi connectivity index (χ3v) is 7.19. The molecule has 1 aliphatic rings. The molecule has 1 aliphatic heterocycles. The van der Waals surface area contributed by atoms with E-state index in [0.29, 0.717) is 48.8 Å². The second-order valence-electron chi connectivity index (χ2n) is 9.93. The van der Waals surface area contributed by atoms with E-state index in [1.165, 1.54) is 19.3 Å². The van der Waals surface area contributed by atoms with Crippen molar-refractivity contribution in [3.8, 4) is 5.69 Å². The van der Waals surface area contributed by atoms with Crippen LogP contribution in [0.1, 0.15) is 25.8 Å². The summed E-state index contributed by atoms with van der Waals surface area (Å²) in [5.74, 6) is 0.361. The number of carbonyl (C=O) groups excluding carboxylic acids is 1. The first-order valence-corrected chi connectivity index (χ1v) is 12.7. The molecule has 4 heterocycles. The Balaban J connectivity index is 1.36. The summed E-state index contributed by atoms with van der Waals surface area (Å²) in [5, 5.41) is 26.9. The molecular formula is C27H32FN7O3. The zero-order valence-corrected chi connectivity index (χ0v) is 21.5. The standard InChI is InChI=1S/C27H32FN7O3/c1-3-33(15-20-5-6-21(13-23(20)28)35-10-4-9-31-35)25-22-7-11-34(26(22)30-18-29-25)17-27(38)8-12-32(14-19(2)36)16-24(27)37/h4-7,9-11,13,18,24,37-38H,3,8,12,14-17H2,1-2H3. The molecule has 0 amide bonds. The predicted molar refractivity (Wildman–Crippen MR) is 140 cm³/mol. The molecule has 11 heteroatoms. The third kappa shape index (κ3) is 5.17. The van der Waals surface area contributed by atoms with Crippen LogP contribution in [0.4, 0.5) is 10.2 Å². The average Bonchev–Trinajstić information content (AvgIpc) is 3.56. The topological polar surface area (TPSA) is 113 Å². The van der Waals surface area contributed by atoms with Crippen molar-refractivity contribution in [1.82, 2.24) is 29.2 Å². The van der Waals surface area contributed by atoms with Gasteiger partial charge < -0.3 is 19.7 Å². The van der Waals surface area contributed by atoms with E-state index >= 15 is 4.39 Å². The van der Waals surface area contributed by atoms with Crippen LogP contribution in [0.2, 0.25) is 0 Å². The monoisotopic (exact) mass is 521 g/mol. The Bertz CT molecular complexity index is 1420. The van der Waals surface area contributed by atoms with Gasteiger partial charge in [0.2, 0.25) is 0 Å². The molecular weight excluding hydrogens is 489 g/mol. The second-order valence-corrected chi connectivity index (χ2v) is 9.93. The Morgan fingerprint density at radius 1 is 1.26 bits per heavy atom. The smallest absolute Gasteiger partial charge is 0.145 e. The van der Waals surface area contributed by atoms with Crippen molar-refractivity contribution in [2.75, 3.05) is 31.1 Å². The van der Waals surface area contributed by atoms with Crippen LogP contribution in [-0.2, 0) is 17.9 Å². The first-order chi connectivity index (χ1) is 18.3. The summed E-state index contributed by atoms with van der Waals surface area (Å²) in [6.07, 6.45) is 6.02. The summed E-state index contributed by atoms with van der Waals surface area (Å²) in [6.45, 7) is 5.55. The summed E-state index contributed by atoms with van der Waals surface area (Å²) in [7, 11) is 0. The highest BCUT2D eigenvalue weighted by Crippen LogP contribution is 2.30. The number of anilines is 1. The summed E-state index contributed by atoms with van der Waals surface area (Å²) >= 11 is 0. The largest absolute Gasteiger partial charge is 0.389 e. The zero-order valence-electron chi connectivity index (χ0n) is 21.5.